The quantitative estimate of drug-likeness (QED) is 0.776. The summed E-state index contributed by atoms with van der Waals surface area (Å²) in [6.07, 6.45) is 3.50. The van der Waals surface area contributed by atoms with Crippen molar-refractivity contribution in [2.45, 2.75) is 6.42 Å². The Morgan fingerprint density at radius 2 is 2.37 bits per heavy atom. The number of hydrogen-bond acceptors (Lipinski definition) is 5. The van der Waals surface area contributed by atoms with Crippen LogP contribution in [0.1, 0.15) is 5.69 Å². The molecular weight excluding hydrogens is 280 g/mol. The summed E-state index contributed by atoms with van der Waals surface area (Å²) in [6, 6.07) is 2.02. The molecule has 5 nitrogen and oxygen atoms in total. The van der Waals surface area contributed by atoms with Crippen molar-refractivity contribution in [1.29, 1.82) is 0 Å². The number of thiazole rings is 1. The summed E-state index contributed by atoms with van der Waals surface area (Å²) < 4.78 is 0. The lowest BCUT2D eigenvalue weighted by molar-refractivity contribution is -0.115. The molecule has 0 saturated carbocycles. The van der Waals surface area contributed by atoms with Crippen LogP contribution in [-0.2, 0) is 11.2 Å². The van der Waals surface area contributed by atoms with E-state index >= 15 is 0 Å². The Morgan fingerprint density at radius 3 is 3.11 bits per heavy atom. The molecule has 0 bridgehead atoms. The zero-order valence-electron chi connectivity index (χ0n) is 9.79. The Balaban J connectivity index is 1.65. The first kappa shape index (κ1) is 12.1. The van der Waals surface area contributed by atoms with E-state index in [9.17, 15) is 4.79 Å². The number of nitrogens with one attached hydrogen (secondary N) is 2. The fourth-order valence-electron chi connectivity index (χ4n) is 1.58. The topological polar surface area (TPSA) is 70.7 Å². The molecule has 96 valence electrons. The van der Waals surface area contributed by atoms with E-state index in [0.29, 0.717) is 5.95 Å². The molecule has 0 aliphatic carbocycles. The van der Waals surface area contributed by atoms with E-state index < -0.39 is 0 Å². The summed E-state index contributed by atoms with van der Waals surface area (Å²) in [5, 5.41) is 9.59. The zero-order chi connectivity index (χ0) is 13.1. The summed E-state index contributed by atoms with van der Waals surface area (Å²) in [5.41, 5.74) is 1.88. The molecule has 0 unspecified atom stereocenters. The predicted molar refractivity (Wildman–Crippen MR) is 76.3 cm³/mol. The van der Waals surface area contributed by atoms with Gasteiger partial charge in [0, 0.05) is 28.7 Å². The average molecular weight is 290 g/mol. The van der Waals surface area contributed by atoms with Crippen molar-refractivity contribution in [3.8, 4) is 10.6 Å². The van der Waals surface area contributed by atoms with Crippen molar-refractivity contribution in [3.63, 3.8) is 0 Å². The molecule has 0 aliphatic heterocycles. The van der Waals surface area contributed by atoms with E-state index in [1.807, 2.05) is 22.2 Å². The number of nitrogens with zero attached hydrogens (tertiary/aromatic N) is 2. The first-order chi connectivity index (χ1) is 9.31. The maximum absolute atomic E-state index is 11.8. The monoisotopic (exact) mass is 290 g/mol. The Kier molecular flexibility index (Phi) is 3.39. The number of imidazole rings is 1. The van der Waals surface area contributed by atoms with Gasteiger partial charge in [-0.15, -0.1) is 11.3 Å². The van der Waals surface area contributed by atoms with E-state index in [0.717, 1.165) is 16.3 Å². The summed E-state index contributed by atoms with van der Waals surface area (Å²) in [6.45, 7) is 0. The molecule has 0 atom stereocenters. The molecular formula is C12H10N4OS2. The van der Waals surface area contributed by atoms with Crippen LogP contribution in [0.15, 0.2) is 34.6 Å². The van der Waals surface area contributed by atoms with Gasteiger partial charge in [0.2, 0.25) is 11.9 Å². The highest BCUT2D eigenvalue weighted by Crippen LogP contribution is 2.25. The van der Waals surface area contributed by atoms with E-state index in [1.54, 1.807) is 35.1 Å². The van der Waals surface area contributed by atoms with Gasteiger partial charge >= 0.3 is 0 Å². The van der Waals surface area contributed by atoms with Crippen LogP contribution in [0, 0.1) is 0 Å². The van der Waals surface area contributed by atoms with Crippen LogP contribution in [0.4, 0.5) is 5.95 Å². The Morgan fingerprint density at radius 1 is 1.42 bits per heavy atom. The Hall–Kier alpha value is -1.99. The zero-order valence-corrected chi connectivity index (χ0v) is 11.4. The van der Waals surface area contributed by atoms with Gasteiger partial charge in [0.25, 0.3) is 0 Å². The maximum atomic E-state index is 11.8. The molecule has 7 heteroatoms. The van der Waals surface area contributed by atoms with Crippen molar-refractivity contribution in [2.75, 3.05) is 5.32 Å². The number of amides is 1. The minimum atomic E-state index is -0.128. The van der Waals surface area contributed by atoms with Crippen LogP contribution in [0.3, 0.4) is 0 Å². The number of H-pyrrole nitrogens is 1. The summed E-state index contributed by atoms with van der Waals surface area (Å²) in [4.78, 5) is 23.0. The van der Waals surface area contributed by atoms with Crippen LogP contribution in [0.25, 0.3) is 10.6 Å². The molecule has 3 heterocycles. The van der Waals surface area contributed by atoms with E-state index in [1.165, 1.54) is 0 Å². The molecule has 3 rings (SSSR count). The van der Waals surface area contributed by atoms with Crippen molar-refractivity contribution < 1.29 is 4.79 Å². The number of anilines is 1. The number of aromatic nitrogens is 3. The van der Waals surface area contributed by atoms with Gasteiger partial charge in [-0.2, -0.15) is 11.3 Å². The molecule has 0 spiro atoms. The lowest BCUT2D eigenvalue weighted by Crippen LogP contribution is -2.15. The fourth-order valence-corrected chi connectivity index (χ4v) is 3.11. The molecule has 0 saturated heterocycles. The number of aromatic amines is 1. The number of carbonyl (C=O) groups excluding carboxylic acids is 1. The van der Waals surface area contributed by atoms with Crippen LogP contribution in [0.5, 0.6) is 0 Å². The standard InChI is InChI=1S/C12H10N4OS2/c17-10(16-12-13-2-3-14-12)5-9-7-19-11(15-9)8-1-4-18-6-8/h1-4,6-7H,5H2,(H2,13,14,16,17). The third kappa shape index (κ3) is 2.88. The van der Waals surface area contributed by atoms with Gasteiger partial charge in [-0.25, -0.2) is 9.97 Å². The smallest absolute Gasteiger partial charge is 0.232 e. The van der Waals surface area contributed by atoms with Gasteiger partial charge in [-0.1, -0.05) is 0 Å². The van der Waals surface area contributed by atoms with E-state index in [4.69, 9.17) is 0 Å². The average Bonchev–Trinajstić information content (AvgIpc) is 3.09. The lowest BCUT2D eigenvalue weighted by Gasteiger charge is -1.98. The van der Waals surface area contributed by atoms with Crippen molar-refractivity contribution >= 4 is 34.5 Å². The normalized spacial score (nSPS) is 10.5. The van der Waals surface area contributed by atoms with Gasteiger partial charge < -0.3 is 4.98 Å². The Bertz CT molecular complexity index is 658. The van der Waals surface area contributed by atoms with Crippen LogP contribution >= 0.6 is 22.7 Å². The maximum Gasteiger partial charge on any atom is 0.232 e. The first-order valence-electron chi connectivity index (χ1n) is 5.57. The fraction of sp³-hybridized carbons (Fsp3) is 0.0833. The number of carbonyl (C=O) groups is 1. The molecule has 1 amide bonds. The van der Waals surface area contributed by atoms with Gasteiger partial charge in [-0.3, -0.25) is 10.1 Å². The van der Waals surface area contributed by atoms with E-state index in [-0.39, 0.29) is 12.3 Å². The molecule has 0 fully saturated rings. The molecule has 0 aromatic carbocycles. The number of rotatable bonds is 4. The lowest BCUT2D eigenvalue weighted by atomic mass is 10.3. The minimum Gasteiger partial charge on any atom is -0.331 e. The molecule has 3 aromatic rings. The summed E-state index contributed by atoms with van der Waals surface area (Å²) in [5.74, 6) is 0.329. The van der Waals surface area contributed by atoms with Crippen LogP contribution in [-0.4, -0.2) is 20.9 Å². The molecule has 0 aliphatic rings. The van der Waals surface area contributed by atoms with Crippen molar-refractivity contribution in [3.05, 3.63) is 40.3 Å². The summed E-state index contributed by atoms with van der Waals surface area (Å²) >= 11 is 3.18. The second-order valence-electron chi connectivity index (χ2n) is 3.82. The highest BCUT2D eigenvalue weighted by molar-refractivity contribution is 7.14. The van der Waals surface area contributed by atoms with Crippen molar-refractivity contribution in [1.82, 2.24) is 15.0 Å². The van der Waals surface area contributed by atoms with Gasteiger partial charge in [-0.05, 0) is 11.4 Å². The van der Waals surface area contributed by atoms with Crippen LogP contribution in [0.2, 0.25) is 0 Å². The third-order valence-electron chi connectivity index (χ3n) is 2.42. The number of hydrogen-bond donors (Lipinski definition) is 2. The second kappa shape index (κ2) is 5.33. The largest absolute Gasteiger partial charge is 0.331 e. The molecule has 0 radical (unpaired) electrons. The van der Waals surface area contributed by atoms with E-state index in [2.05, 4.69) is 20.3 Å². The highest BCUT2D eigenvalue weighted by Gasteiger charge is 2.10. The first-order valence-corrected chi connectivity index (χ1v) is 7.40. The van der Waals surface area contributed by atoms with Crippen LogP contribution < -0.4 is 5.32 Å². The summed E-state index contributed by atoms with van der Waals surface area (Å²) in [7, 11) is 0. The van der Waals surface area contributed by atoms with Gasteiger partial charge in [0.05, 0.1) is 12.1 Å². The SMILES string of the molecule is O=C(Cc1csc(-c2ccsc2)n1)Nc1ncc[nH]1. The Labute approximate surface area is 117 Å². The molecule has 2 N–H and O–H groups in total. The highest BCUT2D eigenvalue weighted by atomic mass is 32.1. The molecule has 3 aromatic heterocycles. The van der Waals surface area contributed by atoms with Crippen molar-refractivity contribution in [2.24, 2.45) is 0 Å². The molecule has 19 heavy (non-hydrogen) atoms. The second-order valence-corrected chi connectivity index (χ2v) is 5.46. The minimum absolute atomic E-state index is 0.128. The third-order valence-corrected chi connectivity index (χ3v) is 4.04. The number of thiophene rings is 1. The van der Waals surface area contributed by atoms with Gasteiger partial charge in [0.15, 0.2) is 0 Å². The predicted octanol–water partition coefficient (Wildman–Crippen LogP) is 2.78. The van der Waals surface area contributed by atoms with Gasteiger partial charge in [0.1, 0.15) is 5.01 Å².